The van der Waals surface area contributed by atoms with Crippen LogP contribution >= 0.6 is 0 Å². The standard InChI is InChI=1S/C12H18N4O4/c1-3-8-10(16(19)20)11(15(2)14-8)13-9-6-4-5-7(9)12(17)18/h7,9,13H,3-6H2,1-2H3,(H,17,18). The van der Waals surface area contributed by atoms with E-state index in [4.69, 9.17) is 5.11 Å². The average Bonchev–Trinajstić information content (AvgIpc) is 2.95. The predicted molar refractivity (Wildman–Crippen MR) is 71.6 cm³/mol. The second kappa shape index (κ2) is 5.48. The normalized spacial score (nSPS) is 21.9. The molecule has 1 saturated carbocycles. The van der Waals surface area contributed by atoms with Crippen molar-refractivity contribution in [1.29, 1.82) is 0 Å². The van der Waals surface area contributed by atoms with Gasteiger partial charge in [-0.25, -0.2) is 4.68 Å². The SMILES string of the molecule is CCc1nn(C)c(NC2CCCC2C(=O)O)c1[N+](=O)[O-]. The zero-order valence-electron chi connectivity index (χ0n) is 11.5. The molecule has 0 radical (unpaired) electrons. The van der Waals surface area contributed by atoms with E-state index in [9.17, 15) is 14.9 Å². The smallest absolute Gasteiger partial charge is 0.333 e. The number of aliphatic carboxylic acids is 1. The van der Waals surface area contributed by atoms with E-state index in [1.54, 1.807) is 14.0 Å². The first-order chi connectivity index (χ1) is 9.45. The van der Waals surface area contributed by atoms with Crippen LogP contribution in [0.25, 0.3) is 0 Å². The van der Waals surface area contributed by atoms with Gasteiger partial charge < -0.3 is 10.4 Å². The molecule has 0 aliphatic heterocycles. The lowest BCUT2D eigenvalue weighted by Crippen LogP contribution is -2.30. The van der Waals surface area contributed by atoms with E-state index >= 15 is 0 Å². The van der Waals surface area contributed by atoms with E-state index in [0.717, 1.165) is 6.42 Å². The van der Waals surface area contributed by atoms with Gasteiger partial charge in [0.1, 0.15) is 5.69 Å². The highest BCUT2D eigenvalue weighted by atomic mass is 16.6. The molecular formula is C12H18N4O4. The molecule has 0 saturated heterocycles. The summed E-state index contributed by atoms with van der Waals surface area (Å²) in [5.41, 5.74) is 0.357. The summed E-state index contributed by atoms with van der Waals surface area (Å²) in [6.07, 6.45) is 2.56. The van der Waals surface area contributed by atoms with Gasteiger partial charge in [0.15, 0.2) is 0 Å². The summed E-state index contributed by atoms with van der Waals surface area (Å²) in [7, 11) is 1.62. The summed E-state index contributed by atoms with van der Waals surface area (Å²) in [5, 5.41) is 27.5. The van der Waals surface area contributed by atoms with Crippen LogP contribution in [-0.4, -0.2) is 31.8 Å². The Hall–Kier alpha value is -2.12. The Morgan fingerprint density at radius 3 is 2.85 bits per heavy atom. The Morgan fingerprint density at radius 1 is 1.60 bits per heavy atom. The van der Waals surface area contributed by atoms with Crippen molar-refractivity contribution in [3.63, 3.8) is 0 Å². The number of nitrogens with one attached hydrogen (secondary N) is 1. The van der Waals surface area contributed by atoms with Gasteiger partial charge in [0, 0.05) is 13.1 Å². The average molecular weight is 282 g/mol. The van der Waals surface area contributed by atoms with Crippen molar-refractivity contribution in [2.24, 2.45) is 13.0 Å². The molecule has 1 aliphatic rings. The number of rotatable bonds is 5. The number of carbonyl (C=O) groups is 1. The number of carboxylic acids is 1. The van der Waals surface area contributed by atoms with Crippen LogP contribution in [0.3, 0.4) is 0 Å². The fraction of sp³-hybridized carbons (Fsp3) is 0.667. The highest BCUT2D eigenvalue weighted by molar-refractivity contribution is 5.72. The van der Waals surface area contributed by atoms with Crippen LogP contribution in [0.5, 0.6) is 0 Å². The molecule has 8 nitrogen and oxygen atoms in total. The number of anilines is 1. The lowest BCUT2D eigenvalue weighted by Gasteiger charge is -2.18. The minimum Gasteiger partial charge on any atom is -0.481 e. The van der Waals surface area contributed by atoms with Crippen molar-refractivity contribution in [3.05, 3.63) is 15.8 Å². The molecule has 0 amide bonds. The Balaban J connectivity index is 2.31. The highest BCUT2D eigenvalue weighted by Gasteiger charge is 2.36. The molecule has 1 aromatic heterocycles. The number of carboxylic acid groups (broad SMARTS) is 1. The Morgan fingerprint density at radius 2 is 2.30 bits per heavy atom. The maximum atomic E-state index is 11.2. The number of hydrogen-bond acceptors (Lipinski definition) is 5. The molecular weight excluding hydrogens is 264 g/mol. The second-order valence-electron chi connectivity index (χ2n) is 5.00. The van der Waals surface area contributed by atoms with Crippen LogP contribution in [0, 0.1) is 16.0 Å². The molecule has 8 heteroatoms. The molecule has 1 heterocycles. The van der Waals surface area contributed by atoms with Gasteiger partial charge in [-0.1, -0.05) is 13.3 Å². The van der Waals surface area contributed by atoms with Crippen LogP contribution in [0.1, 0.15) is 31.9 Å². The molecule has 20 heavy (non-hydrogen) atoms. The van der Waals surface area contributed by atoms with Gasteiger partial charge in [0.25, 0.3) is 0 Å². The van der Waals surface area contributed by atoms with E-state index < -0.39 is 16.8 Å². The van der Waals surface area contributed by atoms with Crippen molar-refractivity contribution in [2.75, 3.05) is 5.32 Å². The highest BCUT2D eigenvalue weighted by Crippen LogP contribution is 2.34. The molecule has 110 valence electrons. The Kier molecular flexibility index (Phi) is 3.91. The van der Waals surface area contributed by atoms with Crippen LogP contribution < -0.4 is 5.32 Å². The number of aromatic nitrogens is 2. The number of hydrogen-bond donors (Lipinski definition) is 2. The minimum absolute atomic E-state index is 0.0500. The van der Waals surface area contributed by atoms with Gasteiger partial charge in [0.2, 0.25) is 5.82 Å². The molecule has 2 atom stereocenters. The van der Waals surface area contributed by atoms with E-state index in [-0.39, 0.29) is 11.7 Å². The van der Waals surface area contributed by atoms with Gasteiger partial charge in [-0.3, -0.25) is 14.9 Å². The molecule has 2 unspecified atom stereocenters. The first-order valence-electron chi connectivity index (χ1n) is 6.65. The van der Waals surface area contributed by atoms with Crippen LogP contribution in [-0.2, 0) is 18.3 Å². The van der Waals surface area contributed by atoms with Crippen molar-refractivity contribution in [2.45, 2.75) is 38.6 Å². The van der Waals surface area contributed by atoms with Crippen LogP contribution in [0.4, 0.5) is 11.5 Å². The molecule has 0 aromatic carbocycles. The van der Waals surface area contributed by atoms with Gasteiger partial charge >= 0.3 is 11.7 Å². The lowest BCUT2D eigenvalue weighted by atomic mass is 10.0. The monoisotopic (exact) mass is 282 g/mol. The molecule has 2 rings (SSSR count). The molecule has 0 spiro atoms. The van der Waals surface area contributed by atoms with Crippen molar-refractivity contribution >= 4 is 17.5 Å². The summed E-state index contributed by atoms with van der Waals surface area (Å²) in [6, 6.07) is -0.286. The minimum atomic E-state index is -0.861. The van der Waals surface area contributed by atoms with Gasteiger partial charge in [-0.05, 0) is 19.3 Å². The number of aryl methyl sites for hydroxylation is 2. The van der Waals surface area contributed by atoms with Gasteiger partial charge in [-0.15, -0.1) is 0 Å². The third kappa shape index (κ3) is 2.45. The summed E-state index contributed by atoms with van der Waals surface area (Å²) in [5.74, 6) is -1.07. The quantitative estimate of drug-likeness (QED) is 0.626. The van der Waals surface area contributed by atoms with Crippen molar-refractivity contribution in [3.8, 4) is 0 Å². The fourth-order valence-corrected chi connectivity index (χ4v) is 2.76. The third-order valence-corrected chi connectivity index (χ3v) is 3.76. The van der Waals surface area contributed by atoms with Gasteiger partial charge in [0.05, 0.1) is 10.8 Å². The number of nitrogens with zero attached hydrogens (tertiary/aromatic N) is 3. The zero-order valence-corrected chi connectivity index (χ0v) is 11.5. The summed E-state index contributed by atoms with van der Waals surface area (Å²) in [6.45, 7) is 1.80. The maximum Gasteiger partial charge on any atom is 0.333 e. The molecule has 1 fully saturated rings. The first kappa shape index (κ1) is 14.3. The fourth-order valence-electron chi connectivity index (χ4n) is 2.76. The Labute approximate surface area is 115 Å². The molecule has 2 N–H and O–H groups in total. The first-order valence-corrected chi connectivity index (χ1v) is 6.65. The van der Waals surface area contributed by atoms with Crippen LogP contribution in [0.15, 0.2) is 0 Å². The van der Waals surface area contributed by atoms with Crippen molar-refractivity contribution in [1.82, 2.24) is 9.78 Å². The van der Waals surface area contributed by atoms with E-state index in [2.05, 4.69) is 10.4 Å². The summed E-state index contributed by atoms with van der Waals surface area (Å²) in [4.78, 5) is 21.9. The maximum absolute atomic E-state index is 11.2. The van der Waals surface area contributed by atoms with E-state index in [1.165, 1.54) is 4.68 Å². The Bertz CT molecular complexity index is 540. The van der Waals surface area contributed by atoms with Gasteiger partial charge in [-0.2, -0.15) is 5.10 Å². The van der Waals surface area contributed by atoms with Crippen LogP contribution in [0.2, 0.25) is 0 Å². The lowest BCUT2D eigenvalue weighted by molar-refractivity contribution is -0.384. The third-order valence-electron chi connectivity index (χ3n) is 3.76. The molecule has 1 aromatic rings. The van der Waals surface area contributed by atoms with E-state index in [1.807, 2.05) is 0 Å². The second-order valence-corrected chi connectivity index (χ2v) is 5.00. The summed E-state index contributed by atoms with van der Waals surface area (Å²) < 4.78 is 1.42. The number of nitro groups is 1. The van der Waals surface area contributed by atoms with Crippen molar-refractivity contribution < 1.29 is 14.8 Å². The summed E-state index contributed by atoms with van der Waals surface area (Å²) >= 11 is 0. The largest absolute Gasteiger partial charge is 0.481 e. The topological polar surface area (TPSA) is 110 Å². The predicted octanol–water partition coefficient (Wildman–Crippen LogP) is 1.56. The molecule has 1 aliphatic carbocycles. The zero-order chi connectivity index (χ0) is 14.9. The van der Waals surface area contributed by atoms with E-state index in [0.29, 0.717) is 30.8 Å². The molecule has 0 bridgehead atoms.